The Balaban J connectivity index is 1.43. The normalized spacial score (nSPS) is 10.5. The highest BCUT2D eigenvalue weighted by Crippen LogP contribution is 2.12. The summed E-state index contributed by atoms with van der Waals surface area (Å²) < 4.78 is 0. The summed E-state index contributed by atoms with van der Waals surface area (Å²) in [5.41, 5.74) is 2.30. The highest BCUT2D eigenvalue weighted by atomic mass is 32.1. The standard InChI is InChI=1S/C18H25N3S2/c22-17-7-3-15(4-8-17)20-13-1-11-19-12-2-14-21-16-5-9-18(23)10-6-16/h3-10,19-23H,1-2,11-14H2. The van der Waals surface area contributed by atoms with Gasteiger partial charge in [0.25, 0.3) is 0 Å². The van der Waals surface area contributed by atoms with Gasteiger partial charge in [-0.05, 0) is 74.5 Å². The van der Waals surface area contributed by atoms with Gasteiger partial charge in [-0.15, -0.1) is 25.3 Å². The van der Waals surface area contributed by atoms with E-state index < -0.39 is 0 Å². The molecule has 23 heavy (non-hydrogen) atoms. The molecule has 0 saturated heterocycles. The van der Waals surface area contributed by atoms with E-state index in [1.165, 1.54) is 0 Å². The van der Waals surface area contributed by atoms with Crippen LogP contribution in [-0.4, -0.2) is 26.2 Å². The maximum atomic E-state index is 4.28. The van der Waals surface area contributed by atoms with Crippen molar-refractivity contribution in [3.05, 3.63) is 48.5 Å². The van der Waals surface area contributed by atoms with Crippen LogP contribution in [0.1, 0.15) is 12.8 Å². The van der Waals surface area contributed by atoms with Crippen molar-refractivity contribution in [3.8, 4) is 0 Å². The Morgan fingerprint density at radius 2 is 0.957 bits per heavy atom. The first kappa shape index (κ1) is 18.0. The van der Waals surface area contributed by atoms with Gasteiger partial charge < -0.3 is 16.0 Å². The number of rotatable bonds is 10. The Labute approximate surface area is 150 Å². The molecule has 0 aliphatic heterocycles. The Hall–Kier alpha value is -1.30. The van der Waals surface area contributed by atoms with Crippen LogP contribution < -0.4 is 16.0 Å². The van der Waals surface area contributed by atoms with Crippen molar-refractivity contribution in [1.82, 2.24) is 5.32 Å². The molecule has 0 aliphatic rings. The lowest BCUT2D eigenvalue weighted by atomic mass is 10.3. The van der Waals surface area contributed by atoms with Crippen molar-refractivity contribution in [2.45, 2.75) is 22.6 Å². The smallest absolute Gasteiger partial charge is 0.0340 e. The first-order chi connectivity index (χ1) is 11.2. The van der Waals surface area contributed by atoms with E-state index in [1.807, 2.05) is 24.3 Å². The molecule has 0 aromatic heterocycles. The van der Waals surface area contributed by atoms with E-state index in [4.69, 9.17) is 0 Å². The van der Waals surface area contributed by atoms with E-state index in [2.05, 4.69) is 65.5 Å². The van der Waals surface area contributed by atoms with Gasteiger partial charge in [-0.3, -0.25) is 0 Å². The summed E-state index contributed by atoms with van der Waals surface area (Å²) in [4.78, 5) is 1.99. The van der Waals surface area contributed by atoms with Crippen LogP contribution in [0.25, 0.3) is 0 Å². The first-order valence-electron chi connectivity index (χ1n) is 8.00. The highest BCUT2D eigenvalue weighted by molar-refractivity contribution is 7.80. The summed E-state index contributed by atoms with van der Waals surface area (Å²) in [6.07, 6.45) is 2.22. The molecule has 2 aromatic rings. The van der Waals surface area contributed by atoms with Crippen LogP contribution in [-0.2, 0) is 0 Å². The molecule has 0 fully saturated rings. The summed E-state index contributed by atoms with van der Waals surface area (Å²) in [6.45, 7) is 4.03. The summed E-state index contributed by atoms with van der Waals surface area (Å²) >= 11 is 8.56. The lowest BCUT2D eigenvalue weighted by molar-refractivity contribution is 0.643. The third kappa shape index (κ3) is 7.68. The Bertz CT molecular complexity index is 504. The van der Waals surface area contributed by atoms with Gasteiger partial charge in [-0.25, -0.2) is 0 Å². The van der Waals surface area contributed by atoms with Gasteiger partial charge >= 0.3 is 0 Å². The molecule has 0 unspecified atom stereocenters. The molecule has 0 aliphatic carbocycles. The second-order valence-corrected chi connectivity index (χ2v) is 6.44. The predicted octanol–water partition coefficient (Wildman–Crippen LogP) is 4.16. The molecule has 5 heteroatoms. The van der Waals surface area contributed by atoms with Crippen molar-refractivity contribution in [2.75, 3.05) is 36.8 Å². The minimum absolute atomic E-state index is 0.979. The van der Waals surface area contributed by atoms with Gasteiger partial charge in [0, 0.05) is 34.3 Å². The van der Waals surface area contributed by atoms with E-state index >= 15 is 0 Å². The van der Waals surface area contributed by atoms with Crippen LogP contribution >= 0.6 is 25.3 Å². The Morgan fingerprint density at radius 3 is 1.35 bits per heavy atom. The summed E-state index contributed by atoms with van der Waals surface area (Å²) in [6, 6.07) is 16.2. The summed E-state index contributed by atoms with van der Waals surface area (Å²) in [5, 5.41) is 10.3. The quantitative estimate of drug-likeness (QED) is 0.331. The van der Waals surface area contributed by atoms with Gasteiger partial charge in [-0.1, -0.05) is 0 Å². The average Bonchev–Trinajstić information content (AvgIpc) is 2.56. The van der Waals surface area contributed by atoms with Crippen molar-refractivity contribution >= 4 is 36.6 Å². The fourth-order valence-corrected chi connectivity index (χ4v) is 2.47. The molecule has 2 rings (SSSR count). The van der Waals surface area contributed by atoms with E-state index in [-0.39, 0.29) is 0 Å². The number of hydrogen-bond donors (Lipinski definition) is 5. The molecule has 0 saturated carbocycles. The summed E-state index contributed by atoms with van der Waals surface area (Å²) in [7, 11) is 0. The van der Waals surface area contributed by atoms with Gasteiger partial charge in [-0.2, -0.15) is 0 Å². The lowest BCUT2D eigenvalue weighted by Gasteiger charge is -2.09. The molecular weight excluding hydrogens is 322 g/mol. The van der Waals surface area contributed by atoms with E-state index in [0.29, 0.717) is 0 Å². The number of benzene rings is 2. The molecule has 0 amide bonds. The van der Waals surface area contributed by atoms with Crippen molar-refractivity contribution in [2.24, 2.45) is 0 Å². The topological polar surface area (TPSA) is 36.1 Å². The Kier molecular flexibility index (Phi) is 8.21. The zero-order chi connectivity index (χ0) is 16.3. The molecule has 0 atom stereocenters. The summed E-state index contributed by atoms with van der Waals surface area (Å²) in [5.74, 6) is 0. The zero-order valence-corrected chi connectivity index (χ0v) is 15.0. The number of anilines is 2. The molecule has 0 bridgehead atoms. The predicted molar refractivity (Wildman–Crippen MR) is 106 cm³/mol. The fraction of sp³-hybridized carbons (Fsp3) is 0.333. The van der Waals surface area contributed by atoms with Crippen LogP contribution in [0, 0.1) is 0 Å². The molecule has 0 spiro atoms. The van der Waals surface area contributed by atoms with Crippen LogP contribution in [0.4, 0.5) is 11.4 Å². The second kappa shape index (κ2) is 10.5. The van der Waals surface area contributed by atoms with Crippen LogP contribution in [0.3, 0.4) is 0 Å². The van der Waals surface area contributed by atoms with E-state index in [1.54, 1.807) is 0 Å². The highest BCUT2D eigenvalue weighted by Gasteiger charge is 1.94. The molecule has 3 N–H and O–H groups in total. The van der Waals surface area contributed by atoms with Crippen LogP contribution in [0.2, 0.25) is 0 Å². The molecule has 2 aromatic carbocycles. The SMILES string of the molecule is Sc1ccc(NCCCNCCCNc2ccc(S)cc2)cc1. The van der Waals surface area contributed by atoms with Crippen molar-refractivity contribution in [3.63, 3.8) is 0 Å². The molecular formula is C18H25N3S2. The minimum atomic E-state index is 0.979. The number of thiol groups is 2. The first-order valence-corrected chi connectivity index (χ1v) is 8.90. The average molecular weight is 348 g/mol. The van der Waals surface area contributed by atoms with Gasteiger partial charge in [0.15, 0.2) is 0 Å². The van der Waals surface area contributed by atoms with Gasteiger partial charge in [0.1, 0.15) is 0 Å². The third-order valence-corrected chi connectivity index (χ3v) is 4.05. The minimum Gasteiger partial charge on any atom is -0.385 e. The van der Waals surface area contributed by atoms with Gasteiger partial charge in [0.05, 0.1) is 0 Å². The Morgan fingerprint density at radius 1 is 0.565 bits per heavy atom. The maximum Gasteiger partial charge on any atom is 0.0340 e. The second-order valence-electron chi connectivity index (χ2n) is 5.40. The number of nitrogens with one attached hydrogen (secondary N) is 3. The van der Waals surface area contributed by atoms with Crippen molar-refractivity contribution < 1.29 is 0 Å². The molecule has 0 radical (unpaired) electrons. The van der Waals surface area contributed by atoms with E-state index in [9.17, 15) is 0 Å². The number of hydrogen-bond acceptors (Lipinski definition) is 5. The third-order valence-electron chi connectivity index (χ3n) is 3.45. The van der Waals surface area contributed by atoms with Gasteiger partial charge in [0.2, 0.25) is 0 Å². The molecule has 0 heterocycles. The fourth-order valence-electron chi connectivity index (χ4n) is 2.18. The zero-order valence-electron chi connectivity index (χ0n) is 13.3. The van der Waals surface area contributed by atoms with E-state index in [0.717, 1.165) is 60.2 Å². The maximum absolute atomic E-state index is 4.28. The lowest BCUT2D eigenvalue weighted by Crippen LogP contribution is -2.21. The molecule has 3 nitrogen and oxygen atoms in total. The monoisotopic (exact) mass is 347 g/mol. The van der Waals surface area contributed by atoms with Crippen molar-refractivity contribution in [1.29, 1.82) is 0 Å². The largest absolute Gasteiger partial charge is 0.385 e. The van der Waals surface area contributed by atoms with Crippen LogP contribution in [0.5, 0.6) is 0 Å². The van der Waals surface area contributed by atoms with Crippen LogP contribution in [0.15, 0.2) is 58.3 Å². The molecule has 124 valence electrons.